The van der Waals surface area contributed by atoms with Crippen molar-refractivity contribution >= 4 is 45.1 Å². The Morgan fingerprint density at radius 2 is 1.76 bits per heavy atom. The molecule has 0 radical (unpaired) electrons. The highest BCUT2D eigenvalue weighted by atomic mass is 79.9. The van der Waals surface area contributed by atoms with Gasteiger partial charge in [0.05, 0.1) is 23.4 Å². The second-order valence-corrected chi connectivity index (χ2v) is 8.13. The third-order valence-corrected chi connectivity index (χ3v) is 5.78. The van der Waals surface area contributed by atoms with E-state index < -0.39 is 5.97 Å². The maximum absolute atomic E-state index is 12.5. The summed E-state index contributed by atoms with van der Waals surface area (Å²) in [6.45, 7) is 3.00. The average Bonchev–Trinajstić information content (AvgIpc) is 3.06. The molecule has 172 valence electrons. The molecule has 0 spiro atoms. The first kappa shape index (κ1) is 22.8. The zero-order chi connectivity index (χ0) is 23.4. The van der Waals surface area contributed by atoms with Crippen LogP contribution >= 0.6 is 15.9 Å². The molecule has 33 heavy (non-hydrogen) atoms. The van der Waals surface area contributed by atoms with Crippen LogP contribution in [0, 0.1) is 0 Å². The Kier molecular flexibility index (Phi) is 6.93. The van der Waals surface area contributed by atoms with Crippen molar-refractivity contribution in [3.05, 3.63) is 52.0 Å². The standard InChI is InChI=1S/C23H22BrN3O6/c1-2-31-23(30)17(25-26-18-13-20-19(12-16(18)24)32-10-11-33-20)8-5-9-27-21(28)14-6-3-4-7-15(14)22(27)29/h3-4,6-7,12-13,26H,2,5,8-11H2,1H3. The number of carbonyl (C=O) groups excluding carboxylic acids is 3. The molecule has 0 unspecified atom stereocenters. The number of halogens is 1. The highest BCUT2D eigenvalue weighted by Gasteiger charge is 2.34. The number of anilines is 1. The van der Waals surface area contributed by atoms with Crippen molar-refractivity contribution < 1.29 is 28.6 Å². The van der Waals surface area contributed by atoms with E-state index in [0.717, 1.165) is 0 Å². The van der Waals surface area contributed by atoms with E-state index >= 15 is 0 Å². The van der Waals surface area contributed by atoms with Crippen molar-refractivity contribution in [3.8, 4) is 11.5 Å². The molecule has 2 heterocycles. The normalized spacial score (nSPS) is 14.8. The van der Waals surface area contributed by atoms with Crippen LogP contribution in [0.2, 0.25) is 0 Å². The topological polar surface area (TPSA) is 107 Å². The van der Waals surface area contributed by atoms with Gasteiger partial charge < -0.3 is 14.2 Å². The summed E-state index contributed by atoms with van der Waals surface area (Å²) in [5.74, 6) is -0.0344. The van der Waals surface area contributed by atoms with Gasteiger partial charge in [-0.05, 0) is 41.4 Å². The maximum atomic E-state index is 12.5. The molecule has 2 aliphatic rings. The molecule has 1 N–H and O–H groups in total. The summed E-state index contributed by atoms with van der Waals surface area (Å²) in [6, 6.07) is 10.2. The molecule has 0 saturated carbocycles. The molecule has 0 aliphatic carbocycles. The van der Waals surface area contributed by atoms with Gasteiger partial charge in [-0.1, -0.05) is 12.1 Å². The third-order valence-electron chi connectivity index (χ3n) is 5.13. The summed E-state index contributed by atoms with van der Waals surface area (Å²) in [7, 11) is 0. The summed E-state index contributed by atoms with van der Waals surface area (Å²) in [4.78, 5) is 38.7. The number of nitrogens with zero attached hydrogens (tertiary/aromatic N) is 2. The Bertz CT molecular complexity index is 1100. The molecular weight excluding hydrogens is 494 g/mol. The van der Waals surface area contributed by atoms with Crippen LogP contribution in [-0.4, -0.2) is 54.8 Å². The van der Waals surface area contributed by atoms with Gasteiger partial charge in [0.2, 0.25) is 0 Å². The number of hydrogen-bond donors (Lipinski definition) is 1. The molecule has 2 aromatic rings. The predicted octanol–water partition coefficient (Wildman–Crippen LogP) is 3.63. The molecule has 0 bridgehead atoms. The van der Waals surface area contributed by atoms with E-state index in [1.807, 2.05) is 0 Å². The number of imide groups is 1. The minimum Gasteiger partial charge on any atom is -0.486 e. The number of hydrogen-bond acceptors (Lipinski definition) is 8. The van der Waals surface area contributed by atoms with Crippen molar-refractivity contribution in [2.24, 2.45) is 5.10 Å². The molecule has 2 aromatic carbocycles. The zero-order valence-electron chi connectivity index (χ0n) is 17.9. The molecule has 0 saturated heterocycles. The maximum Gasteiger partial charge on any atom is 0.354 e. The number of benzene rings is 2. The van der Waals surface area contributed by atoms with E-state index in [-0.39, 0.29) is 37.1 Å². The summed E-state index contributed by atoms with van der Waals surface area (Å²) in [5, 5.41) is 4.24. The first-order valence-electron chi connectivity index (χ1n) is 10.5. The molecular formula is C23H22BrN3O6. The Hall–Kier alpha value is -3.40. The predicted molar refractivity (Wildman–Crippen MR) is 124 cm³/mol. The SMILES string of the molecule is CCOC(=O)C(CCCN1C(=O)c2ccccc2C1=O)=NNc1cc2c(cc1Br)OCCO2. The van der Waals surface area contributed by atoms with Gasteiger partial charge in [-0.15, -0.1) is 0 Å². The van der Waals surface area contributed by atoms with Crippen LogP contribution in [0.5, 0.6) is 11.5 Å². The number of hydrazone groups is 1. The zero-order valence-corrected chi connectivity index (χ0v) is 19.5. The van der Waals surface area contributed by atoms with Gasteiger partial charge in [-0.2, -0.15) is 5.10 Å². The minimum atomic E-state index is -0.568. The lowest BCUT2D eigenvalue weighted by Gasteiger charge is -2.19. The van der Waals surface area contributed by atoms with E-state index in [9.17, 15) is 14.4 Å². The van der Waals surface area contributed by atoms with Crippen LogP contribution in [0.1, 0.15) is 40.5 Å². The summed E-state index contributed by atoms with van der Waals surface area (Å²) < 4.78 is 16.9. The fraction of sp³-hybridized carbons (Fsp3) is 0.304. The van der Waals surface area contributed by atoms with Gasteiger partial charge in [-0.3, -0.25) is 19.9 Å². The summed E-state index contributed by atoms with van der Waals surface area (Å²) in [6.07, 6.45) is 0.564. The van der Waals surface area contributed by atoms with E-state index in [0.29, 0.717) is 52.4 Å². The van der Waals surface area contributed by atoms with Gasteiger partial charge >= 0.3 is 5.97 Å². The van der Waals surface area contributed by atoms with Crippen LogP contribution in [0.25, 0.3) is 0 Å². The number of esters is 1. The Morgan fingerprint density at radius 1 is 1.12 bits per heavy atom. The highest BCUT2D eigenvalue weighted by Crippen LogP contribution is 2.38. The fourth-order valence-electron chi connectivity index (χ4n) is 3.54. The first-order chi connectivity index (χ1) is 16.0. The third kappa shape index (κ3) is 4.85. The van der Waals surface area contributed by atoms with Gasteiger partial charge in [0.25, 0.3) is 11.8 Å². The molecule has 0 atom stereocenters. The van der Waals surface area contributed by atoms with E-state index in [1.165, 1.54) is 4.90 Å². The number of fused-ring (bicyclic) bond motifs is 2. The lowest BCUT2D eigenvalue weighted by Crippen LogP contribution is -2.31. The fourth-order valence-corrected chi connectivity index (χ4v) is 3.95. The Balaban J connectivity index is 1.44. The van der Waals surface area contributed by atoms with Crippen molar-refractivity contribution in [2.75, 3.05) is 31.8 Å². The Labute approximate surface area is 198 Å². The van der Waals surface area contributed by atoms with Crippen molar-refractivity contribution in [1.29, 1.82) is 0 Å². The first-order valence-corrected chi connectivity index (χ1v) is 11.3. The van der Waals surface area contributed by atoms with Crippen molar-refractivity contribution in [3.63, 3.8) is 0 Å². The van der Waals surface area contributed by atoms with E-state index in [4.69, 9.17) is 14.2 Å². The molecule has 9 nitrogen and oxygen atoms in total. The second-order valence-electron chi connectivity index (χ2n) is 7.28. The van der Waals surface area contributed by atoms with Gasteiger partial charge in [0.15, 0.2) is 11.5 Å². The van der Waals surface area contributed by atoms with E-state index in [1.54, 1.807) is 43.3 Å². The van der Waals surface area contributed by atoms with Crippen molar-refractivity contribution in [1.82, 2.24) is 4.90 Å². The molecule has 4 rings (SSSR count). The number of nitrogens with one attached hydrogen (secondary N) is 1. The van der Waals surface area contributed by atoms with Crippen molar-refractivity contribution in [2.45, 2.75) is 19.8 Å². The van der Waals surface area contributed by atoms with Gasteiger partial charge in [0.1, 0.15) is 18.9 Å². The van der Waals surface area contributed by atoms with E-state index in [2.05, 4.69) is 26.5 Å². The van der Waals surface area contributed by atoms with Crippen LogP contribution < -0.4 is 14.9 Å². The number of amides is 2. The number of rotatable bonds is 8. The Morgan fingerprint density at radius 3 is 2.39 bits per heavy atom. The number of carbonyl (C=O) groups is 3. The molecule has 2 amide bonds. The molecule has 2 aliphatic heterocycles. The monoisotopic (exact) mass is 515 g/mol. The number of ether oxygens (including phenoxy) is 3. The summed E-state index contributed by atoms with van der Waals surface area (Å²) in [5.41, 5.74) is 4.39. The lowest BCUT2D eigenvalue weighted by molar-refractivity contribution is -0.135. The minimum absolute atomic E-state index is 0.148. The van der Waals surface area contributed by atoms with Gasteiger partial charge in [0, 0.05) is 29.6 Å². The van der Waals surface area contributed by atoms with Crippen LogP contribution in [-0.2, 0) is 9.53 Å². The second kappa shape index (κ2) is 10.0. The largest absolute Gasteiger partial charge is 0.486 e. The van der Waals surface area contributed by atoms with Crippen LogP contribution in [0.15, 0.2) is 46.0 Å². The highest BCUT2D eigenvalue weighted by molar-refractivity contribution is 9.10. The van der Waals surface area contributed by atoms with Crippen LogP contribution in [0.4, 0.5) is 5.69 Å². The summed E-state index contributed by atoms with van der Waals surface area (Å²) >= 11 is 3.45. The molecule has 0 aromatic heterocycles. The van der Waals surface area contributed by atoms with Gasteiger partial charge in [-0.25, -0.2) is 4.79 Å². The molecule has 10 heteroatoms. The average molecular weight is 516 g/mol. The smallest absolute Gasteiger partial charge is 0.354 e. The lowest BCUT2D eigenvalue weighted by atomic mass is 10.1. The van der Waals surface area contributed by atoms with Crippen LogP contribution in [0.3, 0.4) is 0 Å². The quantitative estimate of drug-likeness (QED) is 0.247. The molecule has 0 fully saturated rings.